The molecule has 0 aliphatic carbocycles. The molecule has 6 nitrogen and oxygen atoms in total. The summed E-state index contributed by atoms with van der Waals surface area (Å²) in [6.45, 7) is 1.76. The van der Waals surface area contributed by atoms with Crippen LogP contribution >= 0.6 is 23.4 Å². The number of nitrogens with zero attached hydrogens (tertiary/aromatic N) is 2. The molecule has 29 heavy (non-hydrogen) atoms. The van der Waals surface area contributed by atoms with Crippen LogP contribution in [0.4, 0.5) is 0 Å². The standard InChI is InChI=1S/C21H21ClN2O4S/c22-16-3-1-14(2-4-16)17-5-6-18(25)24-9-13-7-15(21(17)24)10-23(8-13)19(26)11-29-12-20(27)28/h1-6,13,15H,7-12H2,(H,27,28)/t13-,15+/m0/s1. The number of aromatic nitrogens is 1. The molecule has 2 bridgehead atoms. The van der Waals surface area contributed by atoms with Gasteiger partial charge >= 0.3 is 5.97 Å². The fourth-order valence-corrected chi connectivity index (χ4v) is 5.17. The fraction of sp³-hybridized carbons (Fsp3) is 0.381. The van der Waals surface area contributed by atoms with Gasteiger partial charge in [0.2, 0.25) is 5.91 Å². The molecule has 2 aromatic rings. The molecule has 1 N–H and O–H groups in total. The van der Waals surface area contributed by atoms with Crippen LogP contribution < -0.4 is 5.56 Å². The second kappa shape index (κ2) is 8.24. The lowest BCUT2D eigenvalue weighted by molar-refractivity contribution is -0.133. The van der Waals surface area contributed by atoms with Crippen molar-refractivity contribution < 1.29 is 14.7 Å². The number of halogens is 1. The third kappa shape index (κ3) is 4.21. The minimum Gasteiger partial charge on any atom is -0.481 e. The average Bonchev–Trinajstić information content (AvgIpc) is 2.69. The van der Waals surface area contributed by atoms with Gasteiger partial charge in [-0.3, -0.25) is 14.4 Å². The Kier molecular flexibility index (Phi) is 5.69. The third-order valence-corrected chi connectivity index (χ3v) is 6.70. The van der Waals surface area contributed by atoms with E-state index in [0.29, 0.717) is 24.7 Å². The van der Waals surface area contributed by atoms with Gasteiger partial charge < -0.3 is 14.6 Å². The number of carboxylic acid groups (broad SMARTS) is 1. The molecule has 1 aromatic carbocycles. The zero-order chi connectivity index (χ0) is 20.5. The van der Waals surface area contributed by atoms with Gasteiger partial charge in [0.25, 0.3) is 5.56 Å². The Labute approximate surface area is 177 Å². The van der Waals surface area contributed by atoms with Crippen LogP contribution in [0.3, 0.4) is 0 Å². The van der Waals surface area contributed by atoms with Crippen molar-refractivity contribution in [3.8, 4) is 11.1 Å². The van der Waals surface area contributed by atoms with E-state index in [1.165, 1.54) is 0 Å². The number of aliphatic carboxylic acids is 1. The highest BCUT2D eigenvalue weighted by Gasteiger charge is 2.37. The molecule has 0 spiro atoms. The first-order chi connectivity index (χ1) is 13.9. The van der Waals surface area contributed by atoms with E-state index in [1.807, 2.05) is 39.8 Å². The summed E-state index contributed by atoms with van der Waals surface area (Å²) in [6, 6.07) is 11.0. The Morgan fingerprint density at radius 2 is 1.83 bits per heavy atom. The van der Waals surface area contributed by atoms with Crippen LogP contribution in [0.25, 0.3) is 11.1 Å². The lowest BCUT2D eigenvalue weighted by atomic mass is 9.80. The highest BCUT2D eigenvalue weighted by Crippen LogP contribution is 2.40. The summed E-state index contributed by atoms with van der Waals surface area (Å²) in [4.78, 5) is 37.7. The maximum Gasteiger partial charge on any atom is 0.313 e. The van der Waals surface area contributed by atoms with Crippen molar-refractivity contribution >= 4 is 35.2 Å². The van der Waals surface area contributed by atoms with Gasteiger partial charge in [-0.05, 0) is 36.1 Å². The minimum atomic E-state index is -0.917. The number of benzene rings is 1. The summed E-state index contributed by atoms with van der Waals surface area (Å²) < 4.78 is 1.86. The predicted molar refractivity (Wildman–Crippen MR) is 114 cm³/mol. The van der Waals surface area contributed by atoms with Crippen LogP contribution in [0.2, 0.25) is 5.02 Å². The topological polar surface area (TPSA) is 79.6 Å². The van der Waals surface area contributed by atoms with Crippen LogP contribution in [-0.4, -0.2) is 51.0 Å². The summed E-state index contributed by atoms with van der Waals surface area (Å²) >= 11 is 7.15. The van der Waals surface area contributed by atoms with Crippen molar-refractivity contribution in [2.45, 2.75) is 18.9 Å². The van der Waals surface area contributed by atoms with E-state index >= 15 is 0 Å². The molecule has 3 heterocycles. The maximum absolute atomic E-state index is 12.6. The van der Waals surface area contributed by atoms with Crippen LogP contribution in [0.15, 0.2) is 41.2 Å². The lowest BCUT2D eigenvalue weighted by Crippen LogP contribution is -2.49. The van der Waals surface area contributed by atoms with Gasteiger partial charge in [0.05, 0.1) is 11.5 Å². The first kappa shape index (κ1) is 20.0. The number of pyridine rings is 1. The van der Waals surface area contributed by atoms with Gasteiger partial charge in [-0.2, -0.15) is 0 Å². The number of piperidine rings is 1. The average molecular weight is 433 g/mol. The van der Waals surface area contributed by atoms with Crippen molar-refractivity contribution in [1.29, 1.82) is 0 Å². The molecule has 4 rings (SSSR count). The molecule has 0 saturated carbocycles. The largest absolute Gasteiger partial charge is 0.481 e. The van der Waals surface area contributed by atoms with E-state index in [0.717, 1.165) is 35.0 Å². The number of carbonyl (C=O) groups is 2. The van der Waals surface area contributed by atoms with Crippen molar-refractivity contribution in [1.82, 2.24) is 9.47 Å². The van der Waals surface area contributed by atoms with E-state index in [1.54, 1.807) is 6.07 Å². The minimum absolute atomic E-state index is 0.01000. The van der Waals surface area contributed by atoms with E-state index in [2.05, 4.69) is 0 Å². The second-order valence-electron chi connectivity index (χ2n) is 7.57. The Hall–Kier alpha value is -2.25. The molecule has 152 valence electrons. The summed E-state index contributed by atoms with van der Waals surface area (Å²) in [6.07, 6.45) is 0.941. The Balaban J connectivity index is 1.62. The molecule has 1 aromatic heterocycles. The number of amides is 1. The molecular formula is C21H21ClN2O4S. The number of hydrogen-bond donors (Lipinski definition) is 1. The number of hydrogen-bond acceptors (Lipinski definition) is 4. The summed E-state index contributed by atoms with van der Waals surface area (Å²) in [7, 11) is 0. The summed E-state index contributed by atoms with van der Waals surface area (Å²) in [5, 5.41) is 9.43. The zero-order valence-corrected chi connectivity index (χ0v) is 17.3. The van der Waals surface area contributed by atoms with Crippen molar-refractivity contribution in [3.05, 3.63) is 57.5 Å². The second-order valence-corrected chi connectivity index (χ2v) is 8.99. The number of rotatable bonds is 5. The van der Waals surface area contributed by atoms with Gasteiger partial charge in [-0.25, -0.2) is 0 Å². The molecule has 2 aliphatic rings. The van der Waals surface area contributed by atoms with E-state index < -0.39 is 5.97 Å². The normalized spacial score (nSPS) is 20.2. The number of carbonyl (C=O) groups excluding carboxylic acids is 1. The summed E-state index contributed by atoms with van der Waals surface area (Å²) in [5.74, 6) is -0.559. The first-order valence-corrected chi connectivity index (χ1v) is 11.0. The van der Waals surface area contributed by atoms with Gasteiger partial charge in [-0.1, -0.05) is 23.7 Å². The molecule has 1 fully saturated rings. The van der Waals surface area contributed by atoms with Gasteiger partial charge in [0.15, 0.2) is 0 Å². The van der Waals surface area contributed by atoms with Crippen LogP contribution in [0, 0.1) is 5.92 Å². The molecule has 2 atom stereocenters. The molecule has 0 radical (unpaired) electrons. The Bertz CT molecular complexity index is 1000. The van der Waals surface area contributed by atoms with Crippen molar-refractivity contribution in [2.24, 2.45) is 5.92 Å². The highest BCUT2D eigenvalue weighted by atomic mass is 35.5. The monoisotopic (exact) mass is 432 g/mol. The Morgan fingerprint density at radius 1 is 1.07 bits per heavy atom. The summed E-state index contributed by atoms with van der Waals surface area (Å²) in [5.41, 5.74) is 2.97. The molecule has 0 unspecified atom stereocenters. The smallest absolute Gasteiger partial charge is 0.313 e. The lowest BCUT2D eigenvalue weighted by Gasteiger charge is -2.43. The number of fused-ring (bicyclic) bond motifs is 4. The molecule has 1 saturated heterocycles. The number of carboxylic acids is 1. The Morgan fingerprint density at radius 3 is 2.55 bits per heavy atom. The predicted octanol–water partition coefficient (Wildman–Crippen LogP) is 2.93. The third-order valence-electron chi connectivity index (χ3n) is 5.55. The molecule has 2 aliphatic heterocycles. The molecule has 8 heteroatoms. The van der Waals surface area contributed by atoms with E-state index in [9.17, 15) is 14.4 Å². The van der Waals surface area contributed by atoms with Crippen molar-refractivity contribution in [2.75, 3.05) is 24.6 Å². The van der Waals surface area contributed by atoms with Crippen LogP contribution in [-0.2, 0) is 16.1 Å². The molecular weight excluding hydrogens is 412 g/mol. The highest BCUT2D eigenvalue weighted by molar-refractivity contribution is 8.00. The van der Waals surface area contributed by atoms with Gasteiger partial charge in [0.1, 0.15) is 0 Å². The van der Waals surface area contributed by atoms with Crippen molar-refractivity contribution in [3.63, 3.8) is 0 Å². The van der Waals surface area contributed by atoms with E-state index in [-0.39, 0.29) is 34.8 Å². The fourth-order valence-electron chi connectivity index (χ4n) is 4.41. The van der Waals surface area contributed by atoms with Gasteiger partial charge in [0, 0.05) is 47.9 Å². The van der Waals surface area contributed by atoms with E-state index in [4.69, 9.17) is 16.7 Å². The quantitative estimate of drug-likeness (QED) is 0.785. The van der Waals surface area contributed by atoms with Gasteiger partial charge in [-0.15, -0.1) is 11.8 Å². The number of likely N-dealkylation sites (tertiary alicyclic amines) is 1. The SMILES string of the molecule is O=C(O)CSCC(=O)N1C[C@@H]2C[C@H](C1)c1c(-c3ccc(Cl)cc3)ccc(=O)n1C2. The zero-order valence-electron chi connectivity index (χ0n) is 15.7. The molecule has 1 amide bonds. The van der Waals surface area contributed by atoms with Crippen LogP contribution in [0.1, 0.15) is 18.0 Å². The van der Waals surface area contributed by atoms with Crippen LogP contribution in [0.5, 0.6) is 0 Å². The number of thioether (sulfide) groups is 1. The first-order valence-electron chi connectivity index (χ1n) is 9.49. The maximum atomic E-state index is 12.6.